The van der Waals surface area contributed by atoms with Crippen molar-refractivity contribution in [1.82, 2.24) is 0 Å². The first kappa shape index (κ1) is 22.5. The molecule has 0 amide bonds. The Balaban J connectivity index is 6.49. The van der Waals surface area contributed by atoms with Gasteiger partial charge in [-0.2, -0.15) is 10.5 Å². The molecule has 0 rings (SSSR count). The van der Waals surface area contributed by atoms with Crippen LogP contribution < -0.4 is 0 Å². The summed E-state index contributed by atoms with van der Waals surface area (Å²) in [5, 5.41) is 18.0. The number of hydrogen-bond acceptors (Lipinski definition) is 9. The minimum atomic E-state index is -4.82. The van der Waals surface area contributed by atoms with E-state index < -0.39 is 33.7 Å². The van der Waals surface area contributed by atoms with Crippen LogP contribution in [0, 0.1) is 22.7 Å². The van der Waals surface area contributed by atoms with Crippen molar-refractivity contribution in [1.29, 1.82) is 10.5 Å². The summed E-state index contributed by atoms with van der Waals surface area (Å²) < 4.78 is 63.2. The maximum absolute atomic E-state index is 12.5. The maximum atomic E-state index is 12.5. The maximum Gasteiger partial charge on any atom is 0.234 e. The summed E-state index contributed by atoms with van der Waals surface area (Å²) in [5.41, 5.74) is 0. The largest absolute Gasteiger partial charge is 0.499 e. The number of allylic oxidation sites excluding steroid dienone is 2. The van der Waals surface area contributed by atoms with Gasteiger partial charge in [-0.1, -0.05) is 0 Å². The molecule has 0 unspecified atom stereocenters. The molecule has 0 saturated carbocycles. The summed E-state index contributed by atoms with van der Waals surface area (Å²) in [5.74, 6) is 0. The SMILES string of the molecule is CCOC=C(S(=O)(=O)/C(C#N)=C\OCC)S(=O)(=O)/C(C#N)=C\OCC. The molecule has 9 nitrogen and oxygen atoms in total. The summed E-state index contributed by atoms with van der Waals surface area (Å²) in [6.45, 7) is 4.67. The van der Waals surface area contributed by atoms with E-state index in [2.05, 4.69) is 0 Å². The van der Waals surface area contributed by atoms with Crippen molar-refractivity contribution in [2.45, 2.75) is 20.8 Å². The van der Waals surface area contributed by atoms with Crippen LogP contribution in [0.25, 0.3) is 0 Å². The van der Waals surface area contributed by atoms with Crippen molar-refractivity contribution >= 4 is 19.7 Å². The van der Waals surface area contributed by atoms with Crippen molar-refractivity contribution in [2.75, 3.05) is 19.8 Å². The summed E-state index contributed by atoms with van der Waals surface area (Å²) >= 11 is 0. The van der Waals surface area contributed by atoms with Crippen LogP contribution in [0.3, 0.4) is 0 Å². The molecular weight excluding hydrogens is 372 g/mol. The Morgan fingerprint density at radius 2 is 1.08 bits per heavy atom. The smallest absolute Gasteiger partial charge is 0.234 e. The number of nitrogens with zero attached hydrogens (tertiary/aromatic N) is 2. The van der Waals surface area contributed by atoms with Gasteiger partial charge >= 0.3 is 0 Å². The molecule has 0 aliphatic rings. The lowest BCUT2D eigenvalue weighted by atomic mass is 10.7. The zero-order valence-corrected chi connectivity index (χ0v) is 15.6. The normalized spacial score (nSPS) is 12.5. The zero-order chi connectivity index (χ0) is 19.5. The first-order valence-electron chi connectivity index (χ1n) is 6.99. The van der Waals surface area contributed by atoms with E-state index in [-0.39, 0.29) is 19.8 Å². The number of nitriles is 2. The average Bonchev–Trinajstić information content (AvgIpc) is 2.55. The van der Waals surface area contributed by atoms with E-state index >= 15 is 0 Å². The zero-order valence-electron chi connectivity index (χ0n) is 13.9. The molecule has 11 heteroatoms. The lowest BCUT2D eigenvalue weighted by Gasteiger charge is -2.09. The van der Waals surface area contributed by atoms with Crippen LogP contribution in [0.5, 0.6) is 0 Å². The summed E-state index contributed by atoms with van der Waals surface area (Å²) in [7, 11) is -9.64. The Bertz CT molecular complexity index is 773. The fraction of sp³-hybridized carbons (Fsp3) is 0.429. The Morgan fingerprint density at radius 1 is 0.760 bits per heavy atom. The third kappa shape index (κ3) is 5.81. The molecule has 0 aliphatic heterocycles. The number of hydrogen-bond donors (Lipinski definition) is 0. The lowest BCUT2D eigenvalue weighted by Crippen LogP contribution is -2.18. The Morgan fingerprint density at radius 3 is 1.36 bits per heavy atom. The molecule has 0 fully saturated rings. The Kier molecular flexibility index (Phi) is 9.34. The molecule has 0 saturated heterocycles. The van der Waals surface area contributed by atoms with E-state index in [1.54, 1.807) is 13.8 Å². The highest BCUT2D eigenvalue weighted by Gasteiger charge is 2.38. The van der Waals surface area contributed by atoms with Crippen LogP contribution in [-0.4, -0.2) is 36.7 Å². The van der Waals surface area contributed by atoms with E-state index in [1.807, 2.05) is 0 Å². The summed E-state index contributed by atoms with van der Waals surface area (Å²) in [6.07, 6.45) is 1.73. The highest BCUT2D eigenvalue weighted by molar-refractivity contribution is 8.17. The van der Waals surface area contributed by atoms with Crippen LogP contribution in [0.1, 0.15) is 20.8 Å². The topological polar surface area (TPSA) is 144 Å². The molecule has 0 aromatic heterocycles. The monoisotopic (exact) mass is 390 g/mol. The van der Waals surface area contributed by atoms with Gasteiger partial charge in [0.05, 0.1) is 19.8 Å². The van der Waals surface area contributed by atoms with Gasteiger partial charge in [-0.05, 0) is 20.8 Å². The number of sulfone groups is 2. The van der Waals surface area contributed by atoms with E-state index in [4.69, 9.17) is 24.7 Å². The van der Waals surface area contributed by atoms with Crippen LogP contribution in [0.15, 0.2) is 32.8 Å². The molecule has 0 radical (unpaired) electrons. The van der Waals surface area contributed by atoms with Gasteiger partial charge in [0.25, 0.3) is 0 Å². The van der Waals surface area contributed by atoms with E-state index in [0.717, 1.165) is 0 Å². The van der Waals surface area contributed by atoms with Crippen LogP contribution in [0.2, 0.25) is 0 Å². The predicted molar refractivity (Wildman–Crippen MR) is 88.2 cm³/mol. The van der Waals surface area contributed by atoms with Crippen molar-refractivity contribution in [3.63, 3.8) is 0 Å². The van der Waals surface area contributed by atoms with Gasteiger partial charge in [0, 0.05) is 0 Å². The van der Waals surface area contributed by atoms with E-state index in [1.165, 1.54) is 19.1 Å². The van der Waals surface area contributed by atoms with Crippen molar-refractivity contribution < 1.29 is 31.0 Å². The molecule has 138 valence electrons. The van der Waals surface area contributed by atoms with Gasteiger partial charge in [0.15, 0.2) is 9.81 Å². The molecule has 0 bridgehead atoms. The Labute approximate surface area is 147 Å². The Hall–Kier alpha value is -2.50. The molecule has 0 aliphatic carbocycles. The first-order valence-corrected chi connectivity index (χ1v) is 9.96. The van der Waals surface area contributed by atoms with Gasteiger partial charge in [0.1, 0.15) is 30.9 Å². The molecular formula is C14H18N2O7S2. The van der Waals surface area contributed by atoms with Gasteiger partial charge < -0.3 is 14.2 Å². The van der Waals surface area contributed by atoms with Gasteiger partial charge in [-0.3, -0.25) is 0 Å². The average molecular weight is 390 g/mol. The van der Waals surface area contributed by atoms with E-state index in [0.29, 0.717) is 18.8 Å². The van der Waals surface area contributed by atoms with Crippen LogP contribution in [0.4, 0.5) is 0 Å². The molecule has 0 heterocycles. The third-order valence-corrected chi connectivity index (χ3v) is 6.49. The number of ether oxygens (including phenoxy) is 3. The molecule has 0 aromatic carbocycles. The second kappa shape index (κ2) is 10.4. The molecule has 0 atom stereocenters. The number of rotatable bonds is 10. The fourth-order valence-electron chi connectivity index (χ4n) is 1.26. The second-order valence-electron chi connectivity index (χ2n) is 4.00. The lowest BCUT2D eigenvalue weighted by molar-refractivity contribution is 0.268. The van der Waals surface area contributed by atoms with E-state index in [9.17, 15) is 16.8 Å². The highest BCUT2D eigenvalue weighted by atomic mass is 32.3. The first-order chi connectivity index (χ1) is 11.7. The fourth-order valence-corrected chi connectivity index (χ4v) is 4.40. The molecule has 0 spiro atoms. The minimum Gasteiger partial charge on any atom is -0.499 e. The van der Waals surface area contributed by atoms with Gasteiger partial charge in [-0.25, -0.2) is 16.8 Å². The minimum absolute atomic E-state index is 0.0390. The van der Waals surface area contributed by atoms with Gasteiger partial charge in [0.2, 0.25) is 23.9 Å². The van der Waals surface area contributed by atoms with Crippen molar-refractivity contribution in [3.05, 3.63) is 32.8 Å². The standard InChI is InChI=1S/C14H18N2O7S2/c1-4-21-9-12(7-15)24(17,18)14(11-23-6-3)25(19,20)13(8-16)10-22-5-2/h9-11H,4-6H2,1-3H3/b12-9-,13-10-. The summed E-state index contributed by atoms with van der Waals surface area (Å²) in [4.78, 5) is -1.89. The summed E-state index contributed by atoms with van der Waals surface area (Å²) in [6, 6.07) is 2.72. The van der Waals surface area contributed by atoms with Crippen molar-refractivity contribution in [3.8, 4) is 12.1 Å². The quantitative estimate of drug-likeness (QED) is 0.400. The van der Waals surface area contributed by atoms with Crippen LogP contribution in [-0.2, 0) is 33.9 Å². The molecule has 25 heavy (non-hydrogen) atoms. The van der Waals surface area contributed by atoms with Crippen molar-refractivity contribution in [2.24, 2.45) is 0 Å². The molecule has 0 aromatic rings. The predicted octanol–water partition coefficient (Wildman–Crippen LogP) is 1.45. The van der Waals surface area contributed by atoms with Crippen LogP contribution >= 0.6 is 0 Å². The van der Waals surface area contributed by atoms with Gasteiger partial charge in [-0.15, -0.1) is 0 Å². The highest BCUT2D eigenvalue weighted by Crippen LogP contribution is 2.27. The molecule has 0 N–H and O–H groups in total. The third-order valence-electron chi connectivity index (χ3n) is 2.39. The second-order valence-corrected chi connectivity index (χ2v) is 8.03.